The number of aromatic nitrogens is 2. The zero-order valence-electron chi connectivity index (χ0n) is 10.9. The van der Waals surface area contributed by atoms with E-state index < -0.39 is 0 Å². The Kier molecular flexibility index (Phi) is 4.17. The number of nitrogens with one attached hydrogen (secondary N) is 1. The number of hydrogen-bond acceptors (Lipinski definition) is 3. The first-order valence-electron chi connectivity index (χ1n) is 5.66. The molecule has 4 nitrogen and oxygen atoms in total. The van der Waals surface area contributed by atoms with Crippen LogP contribution in [0.1, 0.15) is 16.1 Å². The number of carbonyl (C=O) groups is 1. The molecule has 0 spiro atoms. The van der Waals surface area contributed by atoms with E-state index in [2.05, 4.69) is 10.4 Å². The summed E-state index contributed by atoms with van der Waals surface area (Å²) in [4.78, 5) is 13.2. The summed E-state index contributed by atoms with van der Waals surface area (Å²) < 4.78 is 1.70. The number of thioether (sulfide) groups is 1. The third-order valence-electron chi connectivity index (χ3n) is 2.90. The van der Waals surface area contributed by atoms with Crippen LogP contribution in [0.25, 0.3) is 0 Å². The summed E-state index contributed by atoms with van der Waals surface area (Å²) in [6.07, 6.45) is 3.58. The van der Waals surface area contributed by atoms with Crippen LogP contribution in [0.3, 0.4) is 0 Å². The summed E-state index contributed by atoms with van der Waals surface area (Å²) in [7, 11) is 1.83. The number of benzene rings is 1. The quantitative estimate of drug-likeness (QED) is 0.883. The van der Waals surface area contributed by atoms with E-state index in [0.29, 0.717) is 16.3 Å². The lowest BCUT2D eigenvalue weighted by molar-refractivity contribution is 0.102. The van der Waals surface area contributed by atoms with Crippen molar-refractivity contribution in [3.63, 3.8) is 0 Å². The molecular formula is C13H14ClN3OS. The number of nitrogens with zero attached hydrogens (tertiary/aromatic N) is 2. The number of carbonyl (C=O) groups excluding carboxylic acids is 1. The first-order chi connectivity index (χ1) is 9.02. The van der Waals surface area contributed by atoms with Crippen molar-refractivity contribution in [3.8, 4) is 0 Å². The van der Waals surface area contributed by atoms with Crippen LogP contribution in [0.5, 0.6) is 0 Å². The SMILES string of the molecule is CSc1ccc(Cl)c(C(=O)Nc2cnn(C)c2C)c1. The van der Waals surface area contributed by atoms with Gasteiger partial charge in [0.15, 0.2) is 0 Å². The third kappa shape index (κ3) is 2.93. The molecule has 2 aromatic rings. The van der Waals surface area contributed by atoms with E-state index in [-0.39, 0.29) is 5.91 Å². The molecule has 6 heteroatoms. The van der Waals surface area contributed by atoms with Gasteiger partial charge < -0.3 is 5.32 Å². The fourth-order valence-electron chi connectivity index (χ4n) is 1.62. The van der Waals surface area contributed by atoms with Gasteiger partial charge in [-0.3, -0.25) is 9.48 Å². The average Bonchev–Trinajstić information content (AvgIpc) is 2.71. The van der Waals surface area contributed by atoms with Gasteiger partial charge in [-0.05, 0) is 31.4 Å². The lowest BCUT2D eigenvalue weighted by Gasteiger charge is -2.07. The highest BCUT2D eigenvalue weighted by Gasteiger charge is 2.13. The topological polar surface area (TPSA) is 46.9 Å². The lowest BCUT2D eigenvalue weighted by Crippen LogP contribution is -2.13. The van der Waals surface area contributed by atoms with Gasteiger partial charge in [-0.2, -0.15) is 5.10 Å². The molecule has 1 aromatic heterocycles. The van der Waals surface area contributed by atoms with Gasteiger partial charge in [-0.1, -0.05) is 11.6 Å². The van der Waals surface area contributed by atoms with Crippen LogP contribution in [0.15, 0.2) is 29.3 Å². The number of halogens is 1. The van der Waals surface area contributed by atoms with Gasteiger partial charge in [0, 0.05) is 11.9 Å². The predicted octanol–water partition coefficient (Wildman–Crippen LogP) is 3.36. The Morgan fingerprint density at radius 3 is 2.79 bits per heavy atom. The molecule has 2 rings (SSSR count). The van der Waals surface area contributed by atoms with E-state index in [0.717, 1.165) is 10.6 Å². The van der Waals surface area contributed by atoms with Crippen molar-refractivity contribution in [3.05, 3.63) is 40.7 Å². The summed E-state index contributed by atoms with van der Waals surface area (Å²) in [5.41, 5.74) is 2.06. The van der Waals surface area contributed by atoms with Crippen LogP contribution in [0.4, 0.5) is 5.69 Å². The van der Waals surface area contributed by atoms with Crippen molar-refractivity contribution < 1.29 is 4.79 Å². The van der Waals surface area contributed by atoms with Gasteiger partial charge in [0.1, 0.15) is 0 Å². The molecule has 19 heavy (non-hydrogen) atoms. The number of amides is 1. The highest BCUT2D eigenvalue weighted by atomic mass is 35.5. The molecule has 100 valence electrons. The Hall–Kier alpha value is -1.46. The van der Waals surface area contributed by atoms with E-state index in [4.69, 9.17) is 11.6 Å². The van der Waals surface area contributed by atoms with Gasteiger partial charge in [0.2, 0.25) is 0 Å². The number of aryl methyl sites for hydroxylation is 1. The minimum Gasteiger partial charge on any atom is -0.319 e. The fraction of sp³-hybridized carbons (Fsp3) is 0.231. The van der Waals surface area contributed by atoms with Crippen molar-refractivity contribution in [2.45, 2.75) is 11.8 Å². The van der Waals surface area contributed by atoms with Gasteiger partial charge in [0.05, 0.1) is 28.2 Å². The standard InChI is InChI=1S/C13H14ClN3OS/c1-8-12(7-15-17(8)2)16-13(18)10-6-9(19-3)4-5-11(10)14/h4-7H,1-3H3,(H,16,18). The molecule has 1 amide bonds. The summed E-state index contributed by atoms with van der Waals surface area (Å²) in [5, 5.41) is 7.35. The maximum Gasteiger partial charge on any atom is 0.257 e. The summed E-state index contributed by atoms with van der Waals surface area (Å²) in [6, 6.07) is 5.41. The molecule has 0 aliphatic rings. The molecule has 0 saturated heterocycles. The Labute approximate surface area is 121 Å². The highest BCUT2D eigenvalue weighted by Crippen LogP contribution is 2.24. The largest absolute Gasteiger partial charge is 0.319 e. The van der Waals surface area contributed by atoms with Crippen molar-refractivity contribution in [2.24, 2.45) is 7.05 Å². The van der Waals surface area contributed by atoms with Crippen molar-refractivity contribution >= 4 is 35.0 Å². The minimum atomic E-state index is -0.225. The van der Waals surface area contributed by atoms with Gasteiger partial charge in [-0.15, -0.1) is 11.8 Å². The smallest absolute Gasteiger partial charge is 0.257 e. The summed E-state index contributed by atoms with van der Waals surface area (Å²) in [5.74, 6) is -0.225. The normalized spacial score (nSPS) is 10.5. The van der Waals surface area contributed by atoms with Crippen LogP contribution in [0, 0.1) is 6.92 Å². The zero-order valence-corrected chi connectivity index (χ0v) is 12.5. The first kappa shape index (κ1) is 14.0. The van der Waals surface area contributed by atoms with Crippen LogP contribution >= 0.6 is 23.4 Å². The number of hydrogen-bond donors (Lipinski definition) is 1. The molecule has 0 bridgehead atoms. The highest BCUT2D eigenvalue weighted by molar-refractivity contribution is 7.98. The molecule has 0 aliphatic heterocycles. The molecule has 0 unspecified atom stereocenters. The maximum atomic E-state index is 12.2. The van der Waals surface area contributed by atoms with Crippen LogP contribution < -0.4 is 5.32 Å². The van der Waals surface area contributed by atoms with Gasteiger partial charge in [0.25, 0.3) is 5.91 Å². The van der Waals surface area contributed by atoms with E-state index in [1.54, 1.807) is 34.8 Å². The molecule has 0 fully saturated rings. The zero-order chi connectivity index (χ0) is 14.0. The molecule has 0 saturated carbocycles. The third-order valence-corrected chi connectivity index (χ3v) is 3.96. The van der Waals surface area contributed by atoms with Crippen LogP contribution in [0.2, 0.25) is 5.02 Å². The Bertz CT molecular complexity index is 624. The van der Waals surface area contributed by atoms with Crippen molar-refractivity contribution in [2.75, 3.05) is 11.6 Å². The molecule has 1 aromatic carbocycles. The molecule has 1 heterocycles. The van der Waals surface area contributed by atoms with Crippen molar-refractivity contribution in [1.29, 1.82) is 0 Å². The average molecular weight is 296 g/mol. The summed E-state index contributed by atoms with van der Waals surface area (Å²) in [6.45, 7) is 1.89. The monoisotopic (exact) mass is 295 g/mol. The number of rotatable bonds is 3. The predicted molar refractivity (Wildman–Crippen MR) is 79.1 cm³/mol. The van der Waals surface area contributed by atoms with E-state index in [9.17, 15) is 4.79 Å². The first-order valence-corrected chi connectivity index (χ1v) is 7.26. The van der Waals surface area contributed by atoms with Crippen LogP contribution in [-0.2, 0) is 7.05 Å². The molecule has 0 aliphatic carbocycles. The Morgan fingerprint density at radius 1 is 1.47 bits per heavy atom. The molecule has 0 radical (unpaired) electrons. The second kappa shape index (κ2) is 5.67. The summed E-state index contributed by atoms with van der Waals surface area (Å²) >= 11 is 7.64. The van der Waals surface area contributed by atoms with Gasteiger partial charge in [-0.25, -0.2) is 0 Å². The van der Waals surface area contributed by atoms with E-state index >= 15 is 0 Å². The number of anilines is 1. The second-order valence-corrected chi connectivity index (χ2v) is 5.35. The van der Waals surface area contributed by atoms with Crippen LogP contribution in [-0.4, -0.2) is 21.9 Å². The molecule has 0 atom stereocenters. The minimum absolute atomic E-state index is 0.225. The molecular weight excluding hydrogens is 282 g/mol. The maximum absolute atomic E-state index is 12.2. The lowest BCUT2D eigenvalue weighted by atomic mass is 10.2. The van der Waals surface area contributed by atoms with Crippen molar-refractivity contribution in [1.82, 2.24) is 9.78 Å². The fourth-order valence-corrected chi connectivity index (χ4v) is 2.26. The van der Waals surface area contributed by atoms with E-state index in [1.165, 1.54) is 0 Å². The van der Waals surface area contributed by atoms with Gasteiger partial charge >= 0.3 is 0 Å². The Balaban J connectivity index is 2.27. The second-order valence-electron chi connectivity index (χ2n) is 4.07. The molecule has 1 N–H and O–H groups in total. The Morgan fingerprint density at radius 2 is 2.21 bits per heavy atom. The van der Waals surface area contributed by atoms with E-state index in [1.807, 2.05) is 26.3 Å².